The van der Waals surface area contributed by atoms with Crippen LogP contribution < -0.4 is 20.5 Å². The van der Waals surface area contributed by atoms with Gasteiger partial charge in [0, 0.05) is 33.1 Å². The van der Waals surface area contributed by atoms with E-state index in [0.29, 0.717) is 0 Å². The van der Waals surface area contributed by atoms with E-state index >= 15 is 0 Å². The molecule has 0 aliphatic heterocycles. The summed E-state index contributed by atoms with van der Waals surface area (Å²) in [4.78, 5) is 0. The first-order valence-corrected chi connectivity index (χ1v) is 6.75. The molecule has 0 saturated heterocycles. The summed E-state index contributed by atoms with van der Waals surface area (Å²) in [6.45, 7) is 0. The molecular formula is C14H15IN2O2. The van der Waals surface area contributed by atoms with E-state index in [9.17, 15) is 0 Å². The van der Waals surface area contributed by atoms with Crippen LogP contribution in [-0.2, 0) is 0 Å². The number of nitrogens with one attached hydrogen (secondary N) is 1. The Labute approximate surface area is 126 Å². The first kappa shape index (κ1) is 13.8. The first-order valence-electron chi connectivity index (χ1n) is 5.67. The molecule has 0 spiro atoms. The molecule has 0 saturated carbocycles. The summed E-state index contributed by atoms with van der Waals surface area (Å²) >= 11 is 2.24. The quantitative estimate of drug-likeness (QED) is 0.638. The molecule has 0 atom stereocenters. The molecule has 2 rings (SSSR count). The highest BCUT2D eigenvalue weighted by Crippen LogP contribution is 2.30. The van der Waals surface area contributed by atoms with Crippen LogP contribution in [0.5, 0.6) is 11.5 Å². The molecule has 5 heteroatoms. The second kappa shape index (κ2) is 6.01. The average molecular weight is 370 g/mol. The van der Waals surface area contributed by atoms with E-state index < -0.39 is 0 Å². The van der Waals surface area contributed by atoms with Crippen molar-refractivity contribution in [2.75, 3.05) is 25.3 Å². The maximum Gasteiger partial charge on any atom is 0.124 e. The SMILES string of the molecule is COc1cc(Nc2ccc(N)cc2I)cc(OC)c1. The lowest BCUT2D eigenvalue weighted by Crippen LogP contribution is -1.96. The third-order valence-electron chi connectivity index (χ3n) is 2.62. The molecule has 0 aliphatic carbocycles. The summed E-state index contributed by atoms with van der Waals surface area (Å²) in [6.07, 6.45) is 0. The predicted octanol–water partition coefficient (Wildman–Crippen LogP) is 3.63. The second-order valence-electron chi connectivity index (χ2n) is 3.97. The van der Waals surface area contributed by atoms with Crippen LogP contribution in [0, 0.1) is 3.57 Å². The highest BCUT2D eigenvalue weighted by molar-refractivity contribution is 14.1. The fraction of sp³-hybridized carbons (Fsp3) is 0.143. The zero-order chi connectivity index (χ0) is 13.8. The van der Waals surface area contributed by atoms with Crippen molar-refractivity contribution in [1.82, 2.24) is 0 Å². The fourth-order valence-corrected chi connectivity index (χ4v) is 2.34. The number of halogens is 1. The Balaban J connectivity index is 2.31. The van der Waals surface area contributed by atoms with Gasteiger partial charge in [-0.3, -0.25) is 0 Å². The van der Waals surface area contributed by atoms with Crippen molar-refractivity contribution in [1.29, 1.82) is 0 Å². The number of nitrogens with two attached hydrogens (primary N) is 1. The smallest absolute Gasteiger partial charge is 0.124 e. The van der Waals surface area contributed by atoms with Crippen LogP contribution in [0.1, 0.15) is 0 Å². The highest BCUT2D eigenvalue weighted by Gasteiger charge is 2.05. The number of hydrogen-bond donors (Lipinski definition) is 2. The predicted molar refractivity (Wildman–Crippen MR) is 86.4 cm³/mol. The van der Waals surface area contributed by atoms with E-state index in [-0.39, 0.29) is 0 Å². The van der Waals surface area contributed by atoms with Gasteiger partial charge in [-0.15, -0.1) is 0 Å². The Bertz CT molecular complexity index is 565. The number of benzene rings is 2. The Morgan fingerprint density at radius 3 is 2.16 bits per heavy atom. The van der Waals surface area contributed by atoms with Gasteiger partial charge in [-0.05, 0) is 40.8 Å². The molecular weight excluding hydrogens is 355 g/mol. The minimum atomic E-state index is 0.743. The number of methoxy groups -OCH3 is 2. The normalized spacial score (nSPS) is 10.1. The lowest BCUT2D eigenvalue weighted by atomic mass is 10.2. The van der Waals surface area contributed by atoms with Gasteiger partial charge >= 0.3 is 0 Å². The molecule has 0 unspecified atom stereocenters. The minimum Gasteiger partial charge on any atom is -0.497 e. The van der Waals surface area contributed by atoms with Gasteiger partial charge in [0.05, 0.1) is 19.9 Å². The summed E-state index contributed by atoms with van der Waals surface area (Å²) in [6, 6.07) is 11.4. The molecule has 0 radical (unpaired) electrons. The van der Waals surface area contributed by atoms with Gasteiger partial charge < -0.3 is 20.5 Å². The van der Waals surface area contributed by atoms with E-state index in [1.807, 2.05) is 36.4 Å². The monoisotopic (exact) mass is 370 g/mol. The molecule has 2 aromatic carbocycles. The van der Waals surface area contributed by atoms with E-state index in [0.717, 1.165) is 32.1 Å². The third-order valence-corrected chi connectivity index (χ3v) is 3.52. The summed E-state index contributed by atoms with van der Waals surface area (Å²) in [7, 11) is 3.26. The van der Waals surface area contributed by atoms with E-state index in [4.69, 9.17) is 15.2 Å². The first-order chi connectivity index (χ1) is 9.12. The lowest BCUT2D eigenvalue weighted by molar-refractivity contribution is 0.395. The largest absolute Gasteiger partial charge is 0.497 e. The summed E-state index contributed by atoms with van der Waals surface area (Å²) in [5.41, 5.74) is 8.38. The molecule has 4 nitrogen and oxygen atoms in total. The van der Waals surface area contributed by atoms with Gasteiger partial charge in [0.1, 0.15) is 11.5 Å². The minimum absolute atomic E-state index is 0.743. The van der Waals surface area contributed by atoms with Crippen molar-refractivity contribution in [3.05, 3.63) is 40.0 Å². The van der Waals surface area contributed by atoms with Gasteiger partial charge in [0.15, 0.2) is 0 Å². The van der Waals surface area contributed by atoms with Gasteiger partial charge in [0.25, 0.3) is 0 Å². The molecule has 0 aliphatic rings. The van der Waals surface area contributed by atoms with Gasteiger partial charge in [-0.25, -0.2) is 0 Å². The van der Waals surface area contributed by atoms with Crippen LogP contribution >= 0.6 is 22.6 Å². The fourth-order valence-electron chi connectivity index (χ4n) is 1.67. The van der Waals surface area contributed by atoms with Crippen molar-refractivity contribution in [2.24, 2.45) is 0 Å². The molecule has 0 aromatic heterocycles. The molecule has 3 N–H and O–H groups in total. The molecule has 0 bridgehead atoms. The topological polar surface area (TPSA) is 56.5 Å². The van der Waals surface area contributed by atoms with Crippen molar-refractivity contribution in [2.45, 2.75) is 0 Å². The van der Waals surface area contributed by atoms with Crippen molar-refractivity contribution in [3.63, 3.8) is 0 Å². The summed E-state index contributed by atoms with van der Waals surface area (Å²) < 4.78 is 11.5. The number of ether oxygens (including phenoxy) is 2. The van der Waals surface area contributed by atoms with E-state index in [2.05, 4.69) is 27.9 Å². The Hall–Kier alpha value is -1.63. The van der Waals surface area contributed by atoms with Gasteiger partial charge in [-0.2, -0.15) is 0 Å². The second-order valence-corrected chi connectivity index (χ2v) is 5.13. The van der Waals surface area contributed by atoms with E-state index in [1.54, 1.807) is 14.2 Å². The maximum absolute atomic E-state index is 5.74. The highest BCUT2D eigenvalue weighted by atomic mass is 127. The van der Waals surface area contributed by atoms with Crippen molar-refractivity contribution >= 4 is 39.7 Å². The number of hydrogen-bond acceptors (Lipinski definition) is 4. The zero-order valence-electron chi connectivity index (χ0n) is 10.7. The molecule has 19 heavy (non-hydrogen) atoms. The number of anilines is 3. The van der Waals surface area contributed by atoms with Crippen LogP contribution in [0.3, 0.4) is 0 Å². The van der Waals surface area contributed by atoms with Crippen LogP contribution in [0.2, 0.25) is 0 Å². The van der Waals surface area contributed by atoms with Crippen molar-refractivity contribution in [3.8, 4) is 11.5 Å². The molecule has 0 fully saturated rings. The van der Waals surface area contributed by atoms with E-state index in [1.165, 1.54) is 0 Å². The number of rotatable bonds is 4. The molecule has 2 aromatic rings. The summed E-state index contributed by atoms with van der Waals surface area (Å²) in [5.74, 6) is 1.49. The number of nitrogen functional groups attached to an aromatic ring is 1. The standard InChI is InChI=1S/C14H15IN2O2/c1-18-11-6-10(7-12(8-11)19-2)17-14-4-3-9(16)5-13(14)15/h3-8,17H,16H2,1-2H3. The Kier molecular flexibility index (Phi) is 4.36. The van der Waals surface area contributed by atoms with Crippen LogP contribution in [0.25, 0.3) is 0 Å². The summed E-state index contributed by atoms with van der Waals surface area (Å²) in [5, 5.41) is 3.33. The third kappa shape index (κ3) is 3.44. The van der Waals surface area contributed by atoms with Crippen molar-refractivity contribution < 1.29 is 9.47 Å². The van der Waals surface area contributed by atoms with Gasteiger partial charge in [-0.1, -0.05) is 0 Å². The lowest BCUT2D eigenvalue weighted by Gasteiger charge is -2.12. The Morgan fingerprint density at radius 2 is 1.63 bits per heavy atom. The van der Waals surface area contributed by atoms with Crippen LogP contribution in [-0.4, -0.2) is 14.2 Å². The molecule has 0 amide bonds. The van der Waals surface area contributed by atoms with Gasteiger partial charge in [0.2, 0.25) is 0 Å². The maximum atomic E-state index is 5.74. The molecule has 100 valence electrons. The molecule has 0 heterocycles. The zero-order valence-corrected chi connectivity index (χ0v) is 12.9. The Morgan fingerprint density at radius 1 is 1.00 bits per heavy atom. The van der Waals surface area contributed by atoms with Crippen LogP contribution in [0.4, 0.5) is 17.1 Å². The average Bonchev–Trinajstić information content (AvgIpc) is 2.41. The van der Waals surface area contributed by atoms with Crippen LogP contribution in [0.15, 0.2) is 36.4 Å².